The molecule has 3 N–H and O–H groups in total. The Bertz CT molecular complexity index is 985. The van der Waals surface area contributed by atoms with Gasteiger partial charge in [0.25, 0.3) is 0 Å². The summed E-state index contributed by atoms with van der Waals surface area (Å²) >= 11 is 0. The first-order chi connectivity index (χ1) is 17.0. The summed E-state index contributed by atoms with van der Waals surface area (Å²) in [4.78, 5) is 75.6. The summed E-state index contributed by atoms with van der Waals surface area (Å²) in [5.74, 6) is -2.95. The summed E-state index contributed by atoms with van der Waals surface area (Å²) in [6, 6.07) is 4.50. The zero-order chi connectivity index (χ0) is 27.0. The van der Waals surface area contributed by atoms with Gasteiger partial charge in [0.2, 0.25) is 23.6 Å². The van der Waals surface area contributed by atoms with Gasteiger partial charge >= 0.3 is 11.2 Å². The van der Waals surface area contributed by atoms with E-state index in [0.29, 0.717) is 24.4 Å². The van der Waals surface area contributed by atoms with E-state index in [1.54, 1.807) is 44.2 Å². The summed E-state index contributed by atoms with van der Waals surface area (Å²) in [5, 5.41) is 11.2. The standard InChI is InChI=1S/C24H34N6O6/c1-14(2)20(24(35)30(28-36)18-10-7-6-8-11-18)27-22(33)19-12-9-13-29(19)23(34)16(4)26-21(32)15(3)25-17(5)31/h6-8,10-11,14-16,19-20H,9,12-13H2,1-5H3,(H,25,31)(H,26,32)(H,27,33)/q+1/t15-,16-,19-,20-/m0/s1. The molecule has 1 saturated heterocycles. The number of anilines is 1. The SMILES string of the molecule is CC(=O)N[C@@H](C)C(=O)N[C@@H](C)C(=O)N1CCC[C@H]1C(=O)N[C@H](C(=O)N([N+]=O)c1ccccc1)C(C)C. The first kappa shape index (κ1) is 28.4. The second-order valence-electron chi connectivity index (χ2n) is 9.14. The molecule has 1 heterocycles. The van der Waals surface area contributed by atoms with E-state index in [4.69, 9.17) is 0 Å². The van der Waals surface area contributed by atoms with Crippen molar-refractivity contribution in [3.63, 3.8) is 0 Å². The Kier molecular flexibility index (Phi) is 10.1. The molecular weight excluding hydrogens is 468 g/mol. The lowest BCUT2D eigenvalue weighted by molar-refractivity contribution is -0.142. The van der Waals surface area contributed by atoms with Gasteiger partial charge in [0, 0.05) is 18.5 Å². The zero-order valence-electron chi connectivity index (χ0n) is 21.2. The van der Waals surface area contributed by atoms with Crippen LogP contribution in [0.15, 0.2) is 30.3 Å². The molecule has 0 aliphatic carbocycles. The molecule has 12 heteroatoms. The van der Waals surface area contributed by atoms with Crippen LogP contribution in [-0.2, 0) is 24.0 Å². The van der Waals surface area contributed by atoms with Crippen LogP contribution in [0, 0.1) is 10.8 Å². The van der Waals surface area contributed by atoms with E-state index in [0.717, 1.165) is 0 Å². The Hall–Kier alpha value is -3.83. The van der Waals surface area contributed by atoms with Crippen molar-refractivity contribution in [3.8, 4) is 0 Å². The third-order valence-electron chi connectivity index (χ3n) is 5.90. The summed E-state index contributed by atoms with van der Waals surface area (Å²) < 4.78 is 0. The molecule has 0 aromatic heterocycles. The Balaban J connectivity index is 2.10. The largest absolute Gasteiger partial charge is 0.494 e. The lowest BCUT2D eigenvalue weighted by Gasteiger charge is -2.29. The van der Waals surface area contributed by atoms with Crippen molar-refractivity contribution in [3.05, 3.63) is 35.2 Å². The number of benzene rings is 1. The third kappa shape index (κ3) is 7.09. The van der Waals surface area contributed by atoms with E-state index in [9.17, 15) is 28.9 Å². The number of hydrogen-bond donors (Lipinski definition) is 3. The fraction of sp³-hybridized carbons (Fsp3) is 0.542. The number of carbonyl (C=O) groups excluding carboxylic acids is 5. The molecule has 0 saturated carbocycles. The maximum Gasteiger partial charge on any atom is 0.494 e. The smallest absolute Gasteiger partial charge is 0.345 e. The van der Waals surface area contributed by atoms with Gasteiger partial charge in [0.05, 0.1) is 0 Å². The molecule has 1 radical (unpaired) electrons. The van der Waals surface area contributed by atoms with Crippen molar-refractivity contribution in [2.75, 3.05) is 11.6 Å². The van der Waals surface area contributed by atoms with Crippen molar-refractivity contribution in [1.82, 2.24) is 26.1 Å². The first-order valence-corrected chi connectivity index (χ1v) is 11.9. The average Bonchev–Trinajstić information content (AvgIpc) is 3.32. The molecule has 5 amide bonds. The molecule has 1 aromatic rings. The fourth-order valence-corrected chi connectivity index (χ4v) is 4.00. The zero-order valence-corrected chi connectivity index (χ0v) is 21.2. The van der Waals surface area contributed by atoms with Gasteiger partial charge in [-0.25, -0.2) is 0 Å². The van der Waals surface area contributed by atoms with Gasteiger partial charge in [0.1, 0.15) is 34.8 Å². The highest BCUT2D eigenvalue weighted by molar-refractivity contribution is 6.00. The Morgan fingerprint density at radius 2 is 1.61 bits per heavy atom. The normalized spacial score (nSPS) is 17.5. The van der Waals surface area contributed by atoms with E-state index in [1.807, 2.05) is 0 Å². The molecule has 1 aromatic carbocycles. The van der Waals surface area contributed by atoms with E-state index >= 15 is 0 Å². The Morgan fingerprint density at radius 1 is 0.972 bits per heavy atom. The average molecular weight is 503 g/mol. The van der Waals surface area contributed by atoms with Crippen LogP contribution < -0.4 is 26.2 Å². The fourth-order valence-electron chi connectivity index (χ4n) is 4.00. The van der Waals surface area contributed by atoms with Crippen LogP contribution in [0.2, 0.25) is 0 Å². The molecule has 1 fully saturated rings. The quantitative estimate of drug-likeness (QED) is 0.388. The number of amides is 5. The highest BCUT2D eigenvalue weighted by Crippen LogP contribution is 2.20. The summed E-state index contributed by atoms with van der Waals surface area (Å²) in [5.41, 5.74) is 0.271. The number of nitrogens with one attached hydrogen (secondary N) is 3. The van der Waals surface area contributed by atoms with Gasteiger partial charge in [-0.1, -0.05) is 32.0 Å². The lowest BCUT2D eigenvalue weighted by atomic mass is 10.0. The molecule has 0 unspecified atom stereocenters. The van der Waals surface area contributed by atoms with Crippen LogP contribution in [0.4, 0.5) is 5.69 Å². The number of carbonyl (C=O) groups is 5. The van der Waals surface area contributed by atoms with E-state index in [2.05, 4.69) is 21.2 Å². The molecule has 0 spiro atoms. The van der Waals surface area contributed by atoms with Crippen LogP contribution in [-0.4, -0.2) is 65.1 Å². The van der Waals surface area contributed by atoms with E-state index < -0.39 is 47.8 Å². The number of nitroso groups, excluding NO2 is 1. The molecule has 0 bridgehead atoms. The maximum absolute atomic E-state index is 13.2. The Labute approximate surface area is 210 Å². The van der Waals surface area contributed by atoms with Crippen LogP contribution in [0.3, 0.4) is 0 Å². The molecule has 2 rings (SSSR count). The number of rotatable bonds is 10. The number of nitrogens with zero attached hydrogens (tertiary/aromatic N) is 3. The van der Waals surface area contributed by atoms with E-state index in [1.165, 1.54) is 25.7 Å². The molecule has 195 valence electrons. The van der Waals surface area contributed by atoms with Gasteiger partial charge < -0.3 is 20.9 Å². The van der Waals surface area contributed by atoms with Crippen molar-refractivity contribution >= 4 is 35.2 Å². The van der Waals surface area contributed by atoms with Crippen molar-refractivity contribution in [2.24, 2.45) is 5.92 Å². The van der Waals surface area contributed by atoms with Crippen LogP contribution >= 0.6 is 0 Å². The molecule has 1 aliphatic rings. The van der Waals surface area contributed by atoms with Crippen molar-refractivity contribution < 1.29 is 24.0 Å². The van der Waals surface area contributed by atoms with Crippen molar-refractivity contribution in [2.45, 2.75) is 71.6 Å². The molecule has 1 aliphatic heterocycles. The molecular formula is C24H34N6O6+. The maximum atomic E-state index is 13.2. The van der Waals surface area contributed by atoms with E-state index in [-0.39, 0.29) is 17.5 Å². The predicted molar refractivity (Wildman–Crippen MR) is 132 cm³/mol. The summed E-state index contributed by atoms with van der Waals surface area (Å²) in [6.07, 6.45) is 0.951. The van der Waals surface area contributed by atoms with Gasteiger partial charge in [-0.15, -0.1) is 0 Å². The van der Waals surface area contributed by atoms with Crippen LogP contribution in [0.1, 0.15) is 47.5 Å². The molecule has 36 heavy (non-hydrogen) atoms. The van der Waals surface area contributed by atoms with Gasteiger partial charge in [-0.05, 0) is 44.7 Å². The highest BCUT2D eigenvalue weighted by Gasteiger charge is 2.41. The second kappa shape index (κ2) is 12.8. The minimum Gasteiger partial charge on any atom is -0.345 e. The third-order valence-corrected chi connectivity index (χ3v) is 5.90. The second-order valence-corrected chi connectivity index (χ2v) is 9.14. The monoisotopic (exact) mass is 502 g/mol. The summed E-state index contributed by atoms with van der Waals surface area (Å²) in [6.45, 7) is 8.04. The van der Waals surface area contributed by atoms with Gasteiger partial charge in [-0.3, -0.25) is 24.0 Å². The minimum atomic E-state index is -1.05. The summed E-state index contributed by atoms with van der Waals surface area (Å²) in [7, 11) is 0. The van der Waals surface area contributed by atoms with Gasteiger partial charge in [-0.2, -0.15) is 0 Å². The van der Waals surface area contributed by atoms with Crippen molar-refractivity contribution in [1.29, 1.82) is 0 Å². The molecule has 12 nitrogen and oxygen atoms in total. The lowest BCUT2D eigenvalue weighted by Crippen LogP contribution is -2.58. The first-order valence-electron chi connectivity index (χ1n) is 11.9. The number of para-hydroxylation sites is 1. The van der Waals surface area contributed by atoms with Crippen LogP contribution in [0.25, 0.3) is 0 Å². The number of likely N-dealkylation sites (tertiary alicyclic amines) is 1. The topological polar surface area (TPSA) is 159 Å². The van der Waals surface area contributed by atoms with Crippen LogP contribution in [0.5, 0.6) is 0 Å². The number of hydrogen-bond acceptors (Lipinski definition) is 7. The Morgan fingerprint density at radius 3 is 2.17 bits per heavy atom. The van der Waals surface area contributed by atoms with Gasteiger partial charge in [0.15, 0.2) is 0 Å². The highest BCUT2D eigenvalue weighted by atomic mass is 16.3. The molecule has 4 atom stereocenters. The minimum absolute atomic E-state index is 0.271. The predicted octanol–water partition coefficient (Wildman–Crippen LogP) is 0.198.